The Kier molecular flexibility index (Phi) is 2.76. The first-order chi connectivity index (χ1) is 5.16. The van der Waals surface area contributed by atoms with Crippen LogP contribution in [0.4, 0.5) is 0 Å². The highest BCUT2D eigenvalue weighted by Gasteiger charge is 2.28. The molecule has 3 nitrogen and oxygen atoms in total. The van der Waals surface area contributed by atoms with Gasteiger partial charge in [-0.3, -0.25) is 0 Å². The van der Waals surface area contributed by atoms with Crippen molar-refractivity contribution in [3.8, 4) is 0 Å². The number of hydrogen-bond donors (Lipinski definition) is 0. The van der Waals surface area contributed by atoms with Crippen LogP contribution < -0.4 is 0 Å². The van der Waals surface area contributed by atoms with Crippen LogP contribution in [0, 0.1) is 0 Å². The van der Waals surface area contributed by atoms with Crippen molar-refractivity contribution in [2.45, 2.75) is 26.1 Å². The second-order valence-corrected chi connectivity index (χ2v) is 2.92. The Morgan fingerprint density at radius 3 is 2.82 bits per heavy atom. The molecule has 0 saturated carbocycles. The molecular formula is C7H12ClNO2. The normalized spacial score (nSPS) is 28.0. The first-order valence-corrected chi connectivity index (χ1v) is 3.88. The van der Waals surface area contributed by atoms with Crippen molar-refractivity contribution < 1.29 is 9.57 Å². The molecule has 0 N–H and O–H groups in total. The predicted molar refractivity (Wildman–Crippen MR) is 42.8 cm³/mol. The minimum Gasteiger partial charge on any atom is -0.409 e. The van der Waals surface area contributed by atoms with Gasteiger partial charge in [-0.25, -0.2) is 0 Å². The van der Waals surface area contributed by atoms with Gasteiger partial charge in [0.2, 0.25) is 0 Å². The molecule has 0 fully saturated rings. The van der Waals surface area contributed by atoms with E-state index in [1.807, 2.05) is 13.8 Å². The summed E-state index contributed by atoms with van der Waals surface area (Å²) in [7, 11) is 1.63. The van der Waals surface area contributed by atoms with E-state index in [0.717, 1.165) is 0 Å². The van der Waals surface area contributed by atoms with Gasteiger partial charge < -0.3 is 9.57 Å². The fraction of sp³-hybridized carbons (Fsp3) is 0.714. The van der Waals surface area contributed by atoms with Crippen LogP contribution in [0.15, 0.2) is 11.3 Å². The van der Waals surface area contributed by atoms with Crippen LogP contribution in [0.2, 0.25) is 0 Å². The van der Waals surface area contributed by atoms with E-state index in [0.29, 0.717) is 5.03 Å². The third-order valence-corrected chi connectivity index (χ3v) is 2.17. The lowest BCUT2D eigenvalue weighted by molar-refractivity contribution is -0.204. The second-order valence-electron chi connectivity index (χ2n) is 2.48. The van der Waals surface area contributed by atoms with Crippen molar-refractivity contribution >= 4 is 11.6 Å². The van der Waals surface area contributed by atoms with Gasteiger partial charge >= 0.3 is 0 Å². The largest absolute Gasteiger partial charge is 0.409 e. The molecule has 11 heavy (non-hydrogen) atoms. The average molecular weight is 178 g/mol. The molecule has 2 atom stereocenters. The van der Waals surface area contributed by atoms with Crippen molar-refractivity contribution in [3.63, 3.8) is 0 Å². The van der Waals surface area contributed by atoms with Crippen LogP contribution in [0.1, 0.15) is 13.8 Å². The molecular weight excluding hydrogens is 166 g/mol. The zero-order chi connectivity index (χ0) is 8.43. The Bertz CT molecular complexity index is 172. The maximum atomic E-state index is 5.80. The third-order valence-electron chi connectivity index (χ3n) is 1.77. The number of hydrogen-bond acceptors (Lipinski definition) is 3. The molecule has 64 valence electrons. The Labute approximate surface area is 71.5 Å². The summed E-state index contributed by atoms with van der Waals surface area (Å²) in [6.07, 6.45) is 1.46. The summed E-state index contributed by atoms with van der Waals surface area (Å²) < 4.78 is 5.06. The van der Waals surface area contributed by atoms with E-state index in [9.17, 15) is 0 Å². The van der Waals surface area contributed by atoms with Crippen LogP contribution in [0.5, 0.6) is 0 Å². The maximum Gasteiger partial charge on any atom is 0.141 e. The van der Waals surface area contributed by atoms with E-state index in [-0.39, 0.29) is 12.3 Å². The van der Waals surface area contributed by atoms with E-state index in [1.165, 1.54) is 6.26 Å². The molecule has 4 heteroatoms. The molecule has 0 aromatic carbocycles. The molecule has 0 saturated heterocycles. The van der Waals surface area contributed by atoms with Gasteiger partial charge in [-0.2, -0.15) is 0 Å². The van der Waals surface area contributed by atoms with E-state index in [1.54, 1.807) is 12.2 Å². The molecule has 0 bridgehead atoms. The van der Waals surface area contributed by atoms with Gasteiger partial charge in [0, 0.05) is 7.11 Å². The summed E-state index contributed by atoms with van der Waals surface area (Å²) in [6, 6.07) is 0.0895. The average Bonchev–Trinajstić information content (AvgIpc) is 2.32. The Morgan fingerprint density at radius 1 is 1.82 bits per heavy atom. The van der Waals surface area contributed by atoms with E-state index < -0.39 is 0 Å². The summed E-state index contributed by atoms with van der Waals surface area (Å²) in [5.41, 5.74) is 0. The number of hydroxylamine groups is 2. The molecule has 0 amide bonds. The minimum atomic E-state index is -0.0718. The van der Waals surface area contributed by atoms with Crippen molar-refractivity contribution in [3.05, 3.63) is 11.3 Å². The lowest BCUT2D eigenvalue weighted by atomic mass is 10.3. The summed E-state index contributed by atoms with van der Waals surface area (Å²) in [5.74, 6) is 0. The standard InChI is InChI=1S/C7H12ClNO2/c1-5-7(8)4-11-9(5)6(2)10-3/h4-6H,1-3H3. The van der Waals surface area contributed by atoms with Gasteiger partial charge in [0.05, 0.1) is 11.1 Å². The molecule has 0 spiro atoms. The minimum absolute atomic E-state index is 0.0718. The van der Waals surface area contributed by atoms with Crippen molar-refractivity contribution in [1.82, 2.24) is 5.06 Å². The molecule has 1 aliphatic heterocycles. The zero-order valence-electron chi connectivity index (χ0n) is 6.87. The zero-order valence-corrected chi connectivity index (χ0v) is 7.63. The Morgan fingerprint density at radius 2 is 2.45 bits per heavy atom. The highest BCUT2D eigenvalue weighted by atomic mass is 35.5. The number of halogens is 1. The van der Waals surface area contributed by atoms with E-state index in [4.69, 9.17) is 21.2 Å². The van der Waals surface area contributed by atoms with Crippen molar-refractivity contribution in [1.29, 1.82) is 0 Å². The van der Waals surface area contributed by atoms with Gasteiger partial charge in [0.25, 0.3) is 0 Å². The van der Waals surface area contributed by atoms with Gasteiger partial charge in [0.1, 0.15) is 12.5 Å². The number of nitrogens with zero attached hydrogens (tertiary/aromatic N) is 1. The fourth-order valence-electron chi connectivity index (χ4n) is 0.927. The summed E-state index contributed by atoms with van der Waals surface area (Å²) in [4.78, 5) is 5.14. The smallest absolute Gasteiger partial charge is 0.141 e. The lowest BCUT2D eigenvalue weighted by Gasteiger charge is -2.25. The van der Waals surface area contributed by atoms with E-state index >= 15 is 0 Å². The van der Waals surface area contributed by atoms with Crippen LogP contribution in [0.3, 0.4) is 0 Å². The number of methoxy groups -OCH3 is 1. The number of rotatable bonds is 2. The number of ether oxygens (including phenoxy) is 1. The van der Waals surface area contributed by atoms with Crippen molar-refractivity contribution in [2.24, 2.45) is 0 Å². The maximum absolute atomic E-state index is 5.80. The van der Waals surface area contributed by atoms with Crippen LogP contribution in [-0.4, -0.2) is 24.4 Å². The van der Waals surface area contributed by atoms with Gasteiger partial charge in [-0.15, -0.1) is 5.06 Å². The summed E-state index contributed by atoms with van der Waals surface area (Å²) in [5, 5.41) is 2.40. The fourth-order valence-corrected chi connectivity index (χ4v) is 1.06. The van der Waals surface area contributed by atoms with Crippen LogP contribution >= 0.6 is 11.6 Å². The predicted octanol–water partition coefficient (Wildman–Crippen LogP) is 1.69. The monoisotopic (exact) mass is 177 g/mol. The van der Waals surface area contributed by atoms with Gasteiger partial charge in [-0.1, -0.05) is 11.6 Å². The highest BCUT2D eigenvalue weighted by molar-refractivity contribution is 6.30. The quantitative estimate of drug-likeness (QED) is 0.641. The third kappa shape index (κ3) is 1.67. The molecule has 0 aromatic heterocycles. The van der Waals surface area contributed by atoms with Gasteiger partial charge in [0.15, 0.2) is 0 Å². The van der Waals surface area contributed by atoms with Crippen LogP contribution in [0.25, 0.3) is 0 Å². The van der Waals surface area contributed by atoms with Crippen LogP contribution in [-0.2, 0) is 9.57 Å². The molecule has 1 rings (SSSR count). The second kappa shape index (κ2) is 3.43. The molecule has 1 aliphatic rings. The highest BCUT2D eigenvalue weighted by Crippen LogP contribution is 2.24. The molecule has 1 heterocycles. The SMILES string of the molecule is COC(C)N1OC=C(Cl)C1C. The molecule has 0 aromatic rings. The topological polar surface area (TPSA) is 21.7 Å². The molecule has 0 aliphatic carbocycles. The summed E-state index contributed by atoms with van der Waals surface area (Å²) >= 11 is 5.80. The first-order valence-electron chi connectivity index (χ1n) is 3.50. The Hall–Kier alpha value is -0.250. The van der Waals surface area contributed by atoms with Gasteiger partial charge in [-0.05, 0) is 13.8 Å². The van der Waals surface area contributed by atoms with E-state index in [2.05, 4.69) is 0 Å². The van der Waals surface area contributed by atoms with Crippen molar-refractivity contribution in [2.75, 3.05) is 7.11 Å². The first kappa shape index (κ1) is 8.84. The Balaban J connectivity index is 2.53. The summed E-state index contributed by atoms with van der Waals surface area (Å²) in [6.45, 7) is 3.86. The molecule has 0 radical (unpaired) electrons. The lowest BCUT2D eigenvalue weighted by Crippen LogP contribution is -2.36. The molecule has 2 unspecified atom stereocenters.